The summed E-state index contributed by atoms with van der Waals surface area (Å²) in [6, 6.07) is 7.15. The second-order valence-electron chi connectivity index (χ2n) is 5.91. The molecule has 1 saturated carbocycles. The van der Waals surface area contributed by atoms with Gasteiger partial charge in [0.2, 0.25) is 0 Å². The highest BCUT2D eigenvalue weighted by atomic mass is 16.6. The van der Waals surface area contributed by atoms with Gasteiger partial charge in [0.15, 0.2) is 0 Å². The van der Waals surface area contributed by atoms with E-state index in [9.17, 15) is 10.1 Å². The minimum Gasteiger partial charge on any atom is -0.273 e. The first kappa shape index (κ1) is 13.9. The summed E-state index contributed by atoms with van der Waals surface area (Å²) in [6.07, 6.45) is 4.05. The van der Waals surface area contributed by atoms with Gasteiger partial charge < -0.3 is 0 Å². The smallest absolute Gasteiger partial charge is 0.273 e. The van der Waals surface area contributed by atoms with Crippen LogP contribution in [-0.2, 0) is 13.1 Å². The highest BCUT2D eigenvalue weighted by Crippen LogP contribution is 2.44. The van der Waals surface area contributed by atoms with Crippen molar-refractivity contribution in [2.45, 2.75) is 38.8 Å². The minimum absolute atomic E-state index is 0.148. The van der Waals surface area contributed by atoms with Gasteiger partial charge in [-0.2, -0.15) is 10.2 Å². The molecule has 1 aliphatic carbocycles. The number of nitro benzene ring substituents is 1. The fraction of sp³-hybridized carbons (Fsp3) is 0.375. The van der Waals surface area contributed by atoms with Crippen molar-refractivity contribution < 1.29 is 4.92 Å². The van der Waals surface area contributed by atoms with Crippen LogP contribution in [-0.4, -0.2) is 24.5 Å². The summed E-state index contributed by atoms with van der Waals surface area (Å²) in [5.74, 6) is 0.355. The molecular formula is C16H17N5O2. The van der Waals surface area contributed by atoms with Gasteiger partial charge in [-0.05, 0) is 31.9 Å². The van der Waals surface area contributed by atoms with Crippen LogP contribution >= 0.6 is 0 Å². The quantitative estimate of drug-likeness (QED) is 0.536. The molecule has 1 aromatic carbocycles. The third-order valence-corrected chi connectivity index (χ3v) is 4.28. The third-order valence-electron chi connectivity index (χ3n) is 4.28. The number of aromatic nitrogens is 4. The van der Waals surface area contributed by atoms with Crippen LogP contribution in [0.5, 0.6) is 0 Å². The van der Waals surface area contributed by atoms with Crippen molar-refractivity contribution in [3.8, 4) is 0 Å². The predicted octanol–water partition coefficient (Wildman–Crippen LogP) is 3.09. The Kier molecular flexibility index (Phi) is 3.14. The number of hydrogen-bond donors (Lipinski definition) is 0. The van der Waals surface area contributed by atoms with E-state index in [1.54, 1.807) is 12.1 Å². The van der Waals surface area contributed by atoms with E-state index in [0.717, 1.165) is 36.3 Å². The van der Waals surface area contributed by atoms with Gasteiger partial charge in [0, 0.05) is 24.7 Å². The van der Waals surface area contributed by atoms with Gasteiger partial charge in [0.25, 0.3) is 5.69 Å². The maximum absolute atomic E-state index is 11.4. The Bertz CT molecular complexity index is 891. The highest BCUT2D eigenvalue weighted by molar-refractivity contribution is 5.91. The molecule has 2 aromatic heterocycles. The summed E-state index contributed by atoms with van der Waals surface area (Å²) in [7, 11) is 0. The Labute approximate surface area is 132 Å². The summed E-state index contributed by atoms with van der Waals surface area (Å²) >= 11 is 0. The minimum atomic E-state index is -0.313. The molecule has 7 heteroatoms. The first-order chi connectivity index (χ1) is 11.2. The van der Waals surface area contributed by atoms with E-state index in [-0.39, 0.29) is 10.6 Å². The van der Waals surface area contributed by atoms with Crippen LogP contribution in [0.2, 0.25) is 0 Å². The molecule has 0 amide bonds. The van der Waals surface area contributed by atoms with Crippen LogP contribution in [0.1, 0.15) is 37.1 Å². The van der Waals surface area contributed by atoms with E-state index in [2.05, 4.69) is 10.2 Å². The summed E-state index contributed by atoms with van der Waals surface area (Å²) < 4.78 is 3.71. The van der Waals surface area contributed by atoms with Gasteiger partial charge in [-0.15, -0.1) is 0 Å². The molecule has 0 N–H and O–H groups in total. The Hall–Kier alpha value is -2.70. The molecule has 3 aromatic rings. The van der Waals surface area contributed by atoms with Gasteiger partial charge in [0.1, 0.15) is 5.39 Å². The normalized spacial score (nSPS) is 14.5. The SMILES string of the molecule is CCn1ccc(Cn2nc(C3CC3)c3c([N+](=O)[O-])cccc32)n1. The number of nitrogens with zero attached hydrogens (tertiary/aromatic N) is 5. The third kappa shape index (κ3) is 2.38. The maximum Gasteiger partial charge on any atom is 0.280 e. The molecule has 2 heterocycles. The maximum atomic E-state index is 11.4. The van der Waals surface area contributed by atoms with Gasteiger partial charge in [0.05, 0.1) is 28.4 Å². The van der Waals surface area contributed by atoms with E-state index in [4.69, 9.17) is 0 Å². The monoisotopic (exact) mass is 311 g/mol. The number of aryl methyl sites for hydroxylation is 1. The predicted molar refractivity (Wildman–Crippen MR) is 85.4 cm³/mol. The average molecular weight is 311 g/mol. The van der Waals surface area contributed by atoms with Gasteiger partial charge >= 0.3 is 0 Å². The van der Waals surface area contributed by atoms with Crippen LogP contribution < -0.4 is 0 Å². The summed E-state index contributed by atoms with van der Waals surface area (Å²) in [5, 5.41) is 21.2. The van der Waals surface area contributed by atoms with Crippen molar-refractivity contribution in [3.63, 3.8) is 0 Å². The highest BCUT2D eigenvalue weighted by Gasteiger charge is 2.32. The Morgan fingerprint density at radius 1 is 1.30 bits per heavy atom. The Balaban J connectivity index is 1.83. The standard InChI is InChI=1S/C16H17N5O2/c1-2-19-9-8-12(17-19)10-20-13-4-3-5-14(21(22)23)15(13)16(18-20)11-6-7-11/h3-5,8-9,11H,2,6-7,10H2,1H3. The number of benzene rings is 1. The van der Waals surface area contributed by atoms with E-state index >= 15 is 0 Å². The molecule has 0 spiro atoms. The zero-order chi connectivity index (χ0) is 16.0. The van der Waals surface area contributed by atoms with Gasteiger partial charge in [-0.25, -0.2) is 0 Å². The lowest BCUT2D eigenvalue weighted by atomic mass is 10.1. The van der Waals surface area contributed by atoms with E-state index in [1.165, 1.54) is 0 Å². The number of nitro groups is 1. The molecule has 1 fully saturated rings. The fourth-order valence-corrected chi connectivity index (χ4v) is 2.97. The number of non-ortho nitro benzene ring substituents is 1. The summed E-state index contributed by atoms with van der Waals surface area (Å²) in [4.78, 5) is 11.1. The lowest BCUT2D eigenvalue weighted by Crippen LogP contribution is -2.04. The average Bonchev–Trinajstić information content (AvgIpc) is 3.19. The van der Waals surface area contributed by atoms with Crippen LogP contribution in [0.4, 0.5) is 5.69 Å². The van der Waals surface area contributed by atoms with Crippen LogP contribution in [0.25, 0.3) is 10.9 Å². The molecule has 4 rings (SSSR count). The number of rotatable bonds is 5. The second-order valence-corrected chi connectivity index (χ2v) is 5.91. The molecule has 0 atom stereocenters. The molecule has 23 heavy (non-hydrogen) atoms. The van der Waals surface area contributed by atoms with Crippen molar-refractivity contribution >= 4 is 16.6 Å². The largest absolute Gasteiger partial charge is 0.280 e. The molecule has 0 bridgehead atoms. The van der Waals surface area contributed by atoms with Gasteiger partial charge in [-0.3, -0.25) is 19.5 Å². The van der Waals surface area contributed by atoms with Crippen LogP contribution in [0.3, 0.4) is 0 Å². The van der Waals surface area contributed by atoms with E-state index < -0.39 is 0 Å². The number of fused-ring (bicyclic) bond motifs is 1. The molecule has 1 aliphatic rings. The Morgan fingerprint density at radius 3 is 2.78 bits per heavy atom. The van der Waals surface area contributed by atoms with Crippen molar-refractivity contribution in [1.29, 1.82) is 0 Å². The lowest BCUT2D eigenvalue weighted by molar-refractivity contribution is -0.383. The molecule has 0 aliphatic heterocycles. The van der Waals surface area contributed by atoms with Crippen molar-refractivity contribution in [1.82, 2.24) is 19.6 Å². The van der Waals surface area contributed by atoms with E-state index in [1.807, 2.05) is 34.6 Å². The van der Waals surface area contributed by atoms with Crippen LogP contribution in [0, 0.1) is 10.1 Å². The van der Waals surface area contributed by atoms with Crippen LogP contribution in [0.15, 0.2) is 30.5 Å². The van der Waals surface area contributed by atoms with Crippen molar-refractivity contribution in [3.05, 3.63) is 52.0 Å². The molecule has 7 nitrogen and oxygen atoms in total. The zero-order valence-electron chi connectivity index (χ0n) is 12.8. The van der Waals surface area contributed by atoms with Crippen molar-refractivity contribution in [2.24, 2.45) is 0 Å². The zero-order valence-corrected chi connectivity index (χ0v) is 12.8. The lowest BCUT2D eigenvalue weighted by Gasteiger charge is -2.01. The Morgan fingerprint density at radius 2 is 2.13 bits per heavy atom. The summed E-state index contributed by atoms with van der Waals surface area (Å²) in [5.41, 5.74) is 2.73. The molecule has 0 radical (unpaired) electrons. The molecule has 118 valence electrons. The molecule has 0 saturated heterocycles. The number of hydrogen-bond acceptors (Lipinski definition) is 4. The topological polar surface area (TPSA) is 78.8 Å². The molecule has 0 unspecified atom stereocenters. The molecular weight excluding hydrogens is 294 g/mol. The van der Waals surface area contributed by atoms with E-state index in [0.29, 0.717) is 17.8 Å². The van der Waals surface area contributed by atoms with Gasteiger partial charge in [-0.1, -0.05) is 6.07 Å². The van der Waals surface area contributed by atoms with Crippen molar-refractivity contribution in [2.75, 3.05) is 0 Å². The first-order valence-electron chi connectivity index (χ1n) is 7.83. The fourth-order valence-electron chi connectivity index (χ4n) is 2.97. The summed E-state index contributed by atoms with van der Waals surface area (Å²) in [6.45, 7) is 3.38. The first-order valence-corrected chi connectivity index (χ1v) is 7.83. The second kappa shape index (κ2) is 5.19.